The molecule has 0 aliphatic rings. The average molecular weight is 170 g/mol. The van der Waals surface area contributed by atoms with Crippen LogP contribution >= 0.6 is 0 Å². The van der Waals surface area contributed by atoms with Gasteiger partial charge < -0.3 is 4.74 Å². The van der Waals surface area contributed by atoms with E-state index in [0.29, 0.717) is 5.56 Å². The number of benzene rings is 1. The second-order valence-electron chi connectivity index (χ2n) is 2.31. The minimum atomic E-state index is -2.59. The Labute approximate surface area is 74.1 Å². The Hall–Kier alpha value is -1.58. The number of rotatable bonds is 2. The molecule has 4 heteroatoms. The molecule has 1 aromatic rings. The van der Waals surface area contributed by atoms with E-state index in [9.17, 15) is 10.1 Å². The van der Waals surface area contributed by atoms with Gasteiger partial charge in [0.25, 0.3) is 5.69 Å². The van der Waals surface area contributed by atoms with Crippen LogP contribution in [0.4, 0.5) is 5.69 Å². The number of hydrogen-bond donors (Lipinski definition) is 0. The van der Waals surface area contributed by atoms with Gasteiger partial charge in [-0.2, -0.15) is 0 Å². The summed E-state index contributed by atoms with van der Waals surface area (Å²) in [4.78, 5) is 9.97. The minimum absolute atomic E-state index is 0.0349. The van der Waals surface area contributed by atoms with Crippen molar-refractivity contribution < 1.29 is 13.8 Å². The third-order valence-electron chi connectivity index (χ3n) is 1.50. The van der Waals surface area contributed by atoms with Crippen LogP contribution in [0.2, 0.25) is 0 Å². The largest absolute Gasteiger partial charge is 0.497 e. The lowest BCUT2D eigenvalue weighted by Crippen LogP contribution is -1.92. The summed E-state index contributed by atoms with van der Waals surface area (Å²) in [6.07, 6.45) is 0. The van der Waals surface area contributed by atoms with E-state index >= 15 is 0 Å². The van der Waals surface area contributed by atoms with Crippen molar-refractivity contribution in [3.05, 3.63) is 33.9 Å². The maximum absolute atomic E-state index is 10.5. The van der Waals surface area contributed by atoms with Crippen LogP contribution in [-0.4, -0.2) is 12.0 Å². The lowest BCUT2D eigenvalue weighted by Gasteiger charge is -2.00. The van der Waals surface area contributed by atoms with Gasteiger partial charge in [-0.15, -0.1) is 0 Å². The number of methoxy groups -OCH3 is 1. The molecule has 0 saturated heterocycles. The first-order chi connectivity index (χ1) is 6.79. The second-order valence-corrected chi connectivity index (χ2v) is 2.31. The molecule has 0 atom stereocenters. The first kappa shape index (κ1) is 5.13. The lowest BCUT2D eigenvalue weighted by atomic mass is 10.2. The van der Waals surface area contributed by atoms with Crippen LogP contribution in [0, 0.1) is 17.0 Å². The number of ether oxygens (including phenoxy) is 1. The van der Waals surface area contributed by atoms with Gasteiger partial charge in [-0.1, -0.05) is 0 Å². The summed E-state index contributed by atoms with van der Waals surface area (Å²) >= 11 is 0. The molecule has 0 bridgehead atoms. The maximum Gasteiger partial charge on any atom is 0.275 e. The molecule has 0 N–H and O–H groups in total. The summed E-state index contributed by atoms with van der Waals surface area (Å²) in [5.74, 6) is -0.0349. The van der Waals surface area contributed by atoms with Crippen LogP contribution in [0.5, 0.6) is 5.75 Å². The van der Waals surface area contributed by atoms with Crippen LogP contribution in [0.25, 0.3) is 0 Å². The zero-order valence-electron chi connectivity index (χ0n) is 9.40. The van der Waals surface area contributed by atoms with Crippen LogP contribution in [-0.2, 0) is 0 Å². The third-order valence-corrected chi connectivity index (χ3v) is 1.50. The Morgan fingerprint density at radius 1 is 1.67 bits per heavy atom. The first-order valence-electron chi connectivity index (χ1n) is 4.74. The minimum Gasteiger partial charge on any atom is -0.497 e. The summed E-state index contributed by atoms with van der Waals surface area (Å²) in [6.45, 7) is 1.57. The topological polar surface area (TPSA) is 52.4 Å². The molecule has 4 nitrogen and oxygen atoms in total. The van der Waals surface area contributed by atoms with E-state index in [1.165, 1.54) is 12.1 Å². The molecular formula is C8H9NO3. The fourth-order valence-corrected chi connectivity index (χ4v) is 0.849. The molecule has 0 saturated carbocycles. The molecule has 64 valence electrons. The summed E-state index contributed by atoms with van der Waals surface area (Å²) in [7, 11) is -2.59. The number of nitro benzene ring substituents is 1. The molecule has 0 aliphatic heterocycles. The summed E-state index contributed by atoms with van der Waals surface area (Å²) in [6, 6.07) is 3.93. The summed E-state index contributed by atoms with van der Waals surface area (Å²) in [5.41, 5.74) is 0.301. The van der Waals surface area contributed by atoms with Crippen LogP contribution in [0.1, 0.15) is 9.68 Å². The van der Waals surface area contributed by atoms with Gasteiger partial charge in [0.15, 0.2) is 0 Å². The molecule has 1 aromatic carbocycles. The molecule has 12 heavy (non-hydrogen) atoms. The zero-order chi connectivity index (χ0) is 11.6. The van der Waals surface area contributed by atoms with Gasteiger partial charge in [0.05, 0.1) is 22.1 Å². The highest BCUT2D eigenvalue weighted by Gasteiger charge is 2.10. The van der Waals surface area contributed by atoms with Crippen molar-refractivity contribution in [1.29, 1.82) is 0 Å². The fourth-order valence-electron chi connectivity index (χ4n) is 0.849. The van der Waals surface area contributed by atoms with Crippen molar-refractivity contribution >= 4 is 5.69 Å². The molecule has 0 amide bonds. The monoisotopic (exact) mass is 170 g/mol. The maximum atomic E-state index is 10.5. The fraction of sp³-hybridized carbons (Fsp3) is 0.250. The quantitative estimate of drug-likeness (QED) is 0.503. The van der Waals surface area contributed by atoms with E-state index in [0.717, 1.165) is 6.07 Å². The molecule has 0 aromatic heterocycles. The number of nitro groups is 1. The van der Waals surface area contributed by atoms with E-state index in [-0.39, 0.29) is 11.4 Å². The van der Waals surface area contributed by atoms with E-state index in [2.05, 4.69) is 4.74 Å². The first-order valence-corrected chi connectivity index (χ1v) is 3.24. The third kappa shape index (κ3) is 1.53. The molecule has 0 radical (unpaired) electrons. The summed E-state index contributed by atoms with van der Waals surface area (Å²) in [5, 5.41) is 10.5. The van der Waals surface area contributed by atoms with Gasteiger partial charge in [0, 0.05) is 5.56 Å². The SMILES string of the molecule is [2H]C([2H])([2H])Oc1ccc(C)c([N+](=O)[O-])c1. The lowest BCUT2D eigenvalue weighted by molar-refractivity contribution is -0.385. The Balaban J connectivity index is 3.03. The molecule has 0 spiro atoms. The summed E-state index contributed by atoms with van der Waals surface area (Å²) < 4.78 is 25.1. The van der Waals surface area contributed by atoms with Crippen molar-refractivity contribution in [1.82, 2.24) is 0 Å². The average Bonchev–Trinajstić information content (AvgIpc) is 2.05. The Kier molecular flexibility index (Phi) is 1.37. The van der Waals surface area contributed by atoms with Crippen LogP contribution < -0.4 is 4.74 Å². The molecule has 0 unspecified atom stereocenters. The number of aryl methyl sites for hydroxylation is 1. The highest BCUT2D eigenvalue weighted by atomic mass is 16.6. The van der Waals surface area contributed by atoms with Crippen molar-refractivity contribution in [3.63, 3.8) is 0 Å². The smallest absolute Gasteiger partial charge is 0.275 e. The molecule has 0 heterocycles. The highest BCUT2D eigenvalue weighted by Crippen LogP contribution is 2.23. The molecular weight excluding hydrogens is 158 g/mol. The molecule has 1 rings (SSSR count). The van der Waals surface area contributed by atoms with Crippen LogP contribution in [0.3, 0.4) is 0 Å². The van der Waals surface area contributed by atoms with Gasteiger partial charge in [-0.3, -0.25) is 10.1 Å². The van der Waals surface area contributed by atoms with Crippen molar-refractivity contribution in [2.75, 3.05) is 7.04 Å². The Bertz CT molecular complexity index is 389. The second kappa shape index (κ2) is 3.21. The Morgan fingerprint density at radius 3 is 3.00 bits per heavy atom. The normalized spacial score (nSPS) is 14.2. The molecule has 0 fully saturated rings. The van der Waals surface area contributed by atoms with Crippen molar-refractivity contribution in [2.24, 2.45) is 0 Å². The van der Waals surface area contributed by atoms with Gasteiger partial charge in [-0.25, -0.2) is 0 Å². The van der Waals surface area contributed by atoms with E-state index in [1.54, 1.807) is 6.92 Å². The zero-order valence-corrected chi connectivity index (χ0v) is 6.40. The Morgan fingerprint density at radius 2 is 2.42 bits per heavy atom. The van der Waals surface area contributed by atoms with Gasteiger partial charge in [-0.05, 0) is 19.1 Å². The predicted octanol–water partition coefficient (Wildman–Crippen LogP) is 1.91. The van der Waals surface area contributed by atoms with Gasteiger partial charge in [0.1, 0.15) is 5.75 Å². The van der Waals surface area contributed by atoms with E-state index in [1.807, 2.05) is 0 Å². The van der Waals surface area contributed by atoms with E-state index in [4.69, 9.17) is 4.11 Å². The predicted molar refractivity (Wildman–Crippen MR) is 44.4 cm³/mol. The van der Waals surface area contributed by atoms with Crippen molar-refractivity contribution in [2.45, 2.75) is 6.92 Å². The van der Waals surface area contributed by atoms with Gasteiger partial charge >= 0.3 is 0 Å². The number of nitrogens with zero attached hydrogens (tertiary/aromatic N) is 1. The van der Waals surface area contributed by atoms with E-state index < -0.39 is 12.0 Å². The standard InChI is InChI=1S/C8H9NO3/c1-6-3-4-7(12-2)5-8(6)9(10)11/h3-5H,1-2H3/i2D3. The molecule has 0 aliphatic carbocycles. The van der Waals surface area contributed by atoms with Crippen molar-refractivity contribution in [3.8, 4) is 5.75 Å². The van der Waals surface area contributed by atoms with Crippen LogP contribution in [0.15, 0.2) is 18.2 Å². The van der Waals surface area contributed by atoms with Gasteiger partial charge in [0.2, 0.25) is 0 Å². The number of hydrogen-bond acceptors (Lipinski definition) is 3. The highest BCUT2D eigenvalue weighted by molar-refractivity contribution is 5.44.